The van der Waals surface area contributed by atoms with Crippen LogP contribution in [0.2, 0.25) is 0 Å². The number of hydrogen-bond acceptors (Lipinski definition) is 4. The zero-order valence-corrected chi connectivity index (χ0v) is 13.0. The summed E-state index contributed by atoms with van der Waals surface area (Å²) in [4.78, 5) is 14.2. The molecule has 20 heavy (non-hydrogen) atoms. The van der Waals surface area contributed by atoms with Gasteiger partial charge >= 0.3 is 6.09 Å². The van der Waals surface area contributed by atoms with Crippen molar-refractivity contribution < 1.29 is 14.7 Å². The van der Waals surface area contributed by atoms with Crippen LogP contribution in [0.1, 0.15) is 59.8 Å². The van der Waals surface area contributed by atoms with Crippen LogP contribution in [0.25, 0.3) is 0 Å². The Morgan fingerprint density at radius 3 is 2.75 bits per heavy atom. The normalized spacial score (nSPS) is 32.9. The zero-order chi connectivity index (χ0) is 15.0. The van der Waals surface area contributed by atoms with Gasteiger partial charge in [0.2, 0.25) is 0 Å². The number of fused-ring (bicyclic) bond motifs is 1. The Kier molecular flexibility index (Phi) is 3.98. The molecule has 2 rings (SSSR count). The molecule has 0 aromatic rings. The molecule has 0 bridgehead atoms. The van der Waals surface area contributed by atoms with Crippen LogP contribution in [0.3, 0.4) is 0 Å². The first-order chi connectivity index (χ1) is 9.28. The summed E-state index contributed by atoms with van der Waals surface area (Å²) in [5.74, 6) is 0. The fourth-order valence-electron chi connectivity index (χ4n) is 3.45. The summed E-state index contributed by atoms with van der Waals surface area (Å²) in [6.45, 7) is 8.44. The molecule has 2 atom stereocenters. The molecule has 114 valence electrons. The summed E-state index contributed by atoms with van der Waals surface area (Å²) < 4.78 is 5.51. The van der Waals surface area contributed by atoms with Gasteiger partial charge in [-0.3, -0.25) is 0 Å². The van der Waals surface area contributed by atoms with Crippen LogP contribution in [-0.4, -0.2) is 40.1 Å². The van der Waals surface area contributed by atoms with Crippen molar-refractivity contribution in [2.24, 2.45) is 10.6 Å². The van der Waals surface area contributed by atoms with Gasteiger partial charge < -0.3 is 14.8 Å². The maximum atomic E-state index is 12.4. The Balaban J connectivity index is 2.21. The smallest absolute Gasteiger partial charge is 0.410 e. The number of hydrogen-bond donors (Lipinski definition) is 1. The highest BCUT2D eigenvalue weighted by molar-refractivity contribution is 5.91. The summed E-state index contributed by atoms with van der Waals surface area (Å²) in [5, 5.41) is 12.8. The predicted molar refractivity (Wildman–Crippen MR) is 77.1 cm³/mol. The van der Waals surface area contributed by atoms with Gasteiger partial charge in [0.15, 0.2) is 0 Å². The molecule has 1 N–H and O–H groups in total. The van der Waals surface area contributed by atoms with Crippen LogP contribution in [0.15, 0.2) is 5.16 Å². The Bertz CT molecular complexity index is 414. The maximum Gasteiger partial charge on any atom is 0.410 e. The second-order valence-corrected chi connectivity index (χ2v) is 7.15. The topological polar surface area (TPSA) is 62.1 Å². The van der Waals surface area contributed by atoms with Crippen molar-refractivity contribution in [3.8, 4) is 0 Å². The van der Waals surface area contributed by atoms with Crippen LogP contribution in [-0.2, 0) is 4.74 Å². The molecular weight excluding hydrogens is 256 g/mol. The highest BCUT2D eigenvalue weighted by Crippen LogP contribution is 2.44. The lowest BCUT2D eigenvalue weighted by Gasteiger charge is -2.34. The molecule has 2 fully saturated rings. The van der Waals surface area contributed by atoms with E-state index in [0.29, 0.717) is 6.54 Å². The van der Waals surface area contributed by atoms with Crippen molar-refractivity contribution in [2.75, 3.05) is 6.54 Å². The first kappa shape index (κ1) is 15.1. The Morgan fingerprint density at radius 1 is 1.45 bits per heavy atom. The minimum atomic E-state index is -0.477. The zero-order valence-electron chi connectivity index (χ0n) is 13.0. The van der Waals surface area contributed by atoms with Crippen molar-refractivity contribution >= 4 is 11.8 Å². The number of carbonyl (C=O) groups is 1. The van der Waals surface area contributed by atoms with E-state index in [-0.39, 0.29) is 17.6 Å². The Hall–Kier alpha value is -1.26. The fraction of sp³-hybridized carbons (Fsp3) is 0.867. The Labute approximate surface area is 121 Å². The van der Waals surface area contributed by atoms with Crippen LogP contribution in [0.4, 0.5) is 4.79 Å². The molecule has 5 nitrogen and oxygen atoms in total. The van der Waals surface area contributed by atoms with Gasteiger partial charge in [-0.15, -0.1) is 0 Å². The van der Waals surface area contributed by atoms with Crippen molar-refractivity contribution in [2.45, 2.75) is 71.4 Å². The highest BCUT2D eigenvalue weighted by Gasteiger charge is 2.50. The average molecular weight is 282 g/mol. The van der Waals surface area contributed by atoms with E-state index in [0.717, 1.165) is 37.8 Å². The van der Waals surface area contributed by atoms with E-state index in [1.165, 1.54) is 0 Å². The van der Waals surface area contributed by atoms with E-state index in [4.69, 9.17) is 4.74 Å². The minimum absolute atomic E-state index is 0.0887. The van der Waals surface area contributed by atoms with Gasteiger partial charge in [-0.2, -0.15) is 0 Å². The molecular formula is C15H26N2O3. The molecule has 0 radical (unpaired) electrons. The van der Waals surface area contributed by atoms with Crippen molar-refractivity contribution in [1.82, 2.24) is 4.90 Å². The Morgan fingerprint density at radius 2 is 2.15 bits per heavy atom. The number of carbonyl (C=O) groups excluding carboxylic acids is 1. The van der Waals surface area contributed by atoms with E-state index in [1.54, 1.807) is 0 Å². The molecule has 1 aliphatic carbocycles. The third-order valence-electron chi connectivity index (χ3n) is 4.53. The van der Waals surface area contributed by atoms with Gasteiger partial charge in [-0.1, -0.05) is 18.5 Å². The number of ether oxygens (including phenoxy) is 1. The molecule has 1 amide bonds. The quantitative estimate of drug-likeness (QED) is 0.547. The molecule has 1 saturated carbocycles. The van der Waals surface area contributed by atoms with Crippen molar-refractivity contribution in [3.05, 3.63) is 0 Å². The van der Waals surface area contributed by atoms with Gasteiger partial charge in [0, 0.05) is 18.0 Å². The SMILES string of the molecule is CC(C)(C)OC(=O)N1CC[C@]2(C)/C(=N\O)CCCC[C@H]12. The molecule has 0 unspecified atom stereocenters. The molecule has 5 heteroatoms. The van der Waals surface area contributed by atoms with Gasteiger partial charge in [0.05, 0.1) is 5.71 Å². The lowest BCUT2D eigenvalue weighted by molar-refractivity contribution is 0.0188. The summed E-state index contributed by atoms with van der Waals surface area (Å²) in [5.41, 5.74) is 0.155. The van der Waals surface area contributed by atoms with Crippen LogP contribution in [0, 0.1) is 5.41 Å². The van der Waals surface area contributed by atoms with Crippen LogP contribution < -0.4 is 0 Å². The summed E-state index contributed by atoms with van der Waals surface area (Å²) in [6, 6.07) is 0.0887. The molecule has 0 aromatic carbocycles. The fourth-order valence-corrected chi connectivity index (χ4v) is 3.45. The van der Waals surface area contributed by atoms with E-state index >= 15 is 0 Å². The standard InChI is InChI=1S/C15H26N2O3/c1-14(2,3)20-13(18)17-10-9-15(4)11(16-19)7-5-6-8-12(15)17/h12,19H,5-10H2,1-4H3/b16-11-/t12-,15+/m0/s1. The molecule has 0 spiro atoms. The van der Waals surface area contributed by atoms with Gasteiger partial charge in [0.25, 0.3) is 0 Å². The molecule has 2 aliphatic rings. The lowest BCUT2D eigenvalue weighted by Crippen LogP contribution is -2.46. The number of likely N-dealkylation sites (tertiary alicyclic amines) is 1. The van der Waals surface area contributed by atoms with Gasteiger partial charge in [0.1, 0.15) is 5.60 Å². The lowest BCUT2D eigenvalue weighted by atomic mass is 9.77. The highest BCUT2D eigenvalue weighted by atomic mass is 16.6. The minimum Gasteiger partial charge on any atom is -0.444 e. The van der Waals surface area contributed by atoms with Gasteiger partial charge in [-0.05, 0) is 46.5 Å². The summed E-state index contributed by atoms with van der Waals surface area (Å²) in [6.07, 6.45) is 4.45. The second kappa shape index (κ2) is 5.26. The molecule has 1 heterocycles. The van der Waals surface area contributed by atoms with Crippen molar-refractivity contribution in [3.63, 3.8) is 0 Å². The number of nitrogens with zero attached hydrogens (tertiary/aromatic N) is 2. The van der Waals surface area contributed by atoms with E-state index in [1.807, 2.05) is 25.7 Å². The number of amides is 1. The average Bonchev–Trinajstić information content (AvgIpc) is 2.57. The van der Waals surface area contributed by atoms with Gasteiger partial charge in [-0.25, -0.2) is 4.79 Å². The van der Waals surface area contributed by atoms with E-state index in [2.05, 4.69) is 12.1 Å². The monoisotopic (exact) mass is 282 g/mol. The molecule has 1 saturated heterocycles. The predicted octanol–water partition coefficient (Wildman–Crippen LogP) is 3.41. The van der Waals surface area contributed by atoms with E-state index < -0.39 is 5.60 Å². The second-order valence-electron chi connectivity index (χ2n) is 7.15. The maximum absolute atomic E-state index is 12.4. The first-order valence-electron chi connectivity index (χ1n) is 7.49. The largest absolute Gasteiger partial charge is 0.444 e. The number of rotatable bonds is 0. The van der Waals surface area contributed by atoms with Crippen LogP contribution >= 0.6 is 0 Å². The first-order valence-corrected chi connectivity index (χ1v) is 7.49. The summed E-state index contributed by atoms with van der Waals surface area (Å²) in [7, 11) is 0. The third-order valence-corrected chi connectivity index (χ3v) is 4.53. The number of oxime groups is 1. The molecule has 1 aliphatic heterocycles. The van der Waals surface area contributed by atoms with Crippen LogP contribution in [0.5, 0.6) is 0 Å². The van der Waals surface area contributed by atoms with E-state index in [9.17, 15) is 10.0 Å². The third kappa shape index (κ3) is 2.76. The van der Waals surface area contributed by atoms with Crippen molar-refractivity contribution in [1.29, 1.82) is 0 Å². The molecule has 0 aromatic heterocycles. The summed E-state index contributed by atoms with van der Waals surface area (Å²) >= 11 is 0.